The summed E-state index contributed by atoms with van der Waals surface area (Å²) >= 11 is 5.64. The van der Waals surface area contributed by atoms with Crippen molar-refractivity contribution in [3.63, 3.8) is 0 Å². The summed E-state index contributed by atoms with van der Waals surface area (Å²) in [7, 11) is -3.90. The highest BCUT2D eigenvalue weighted by Gasteiger charge is 2.20. The van der Waals surface area contributed by atoms with Gasteiger partial charge in [-0.05, 0) is 18.2 Å². The number of aromatic nitrogens is 2. The van der Waals surface area contributed by atoms with Crippen LogP contribution in [0, 0.1) is 10.1 Å². The summed E-state index contributed by atoms with van der Waals surface area (Å²) in [5.41, 5.74) is -0.00128. The second-order valence-electron chi connectivity index (χ2n) is 3.90. The molecule has 0 amide bonds. The van der Waals surface area contributed by atoms with Crippen molar-refractivity contribution < 1.29 is 13.3 Å². The van der Waals surface area contributed by atoms with Gasteiger partial charge in [0.1, 0.15) is 11.3 Å². The zero-order chi connectivity index (χ0) is 15.5. The zero-order valence-corrected chi connectivity index (χ0v) is 12.0. The maximum Gasteiger partial charge on any atom is 0.289 e. The number of nitro groups is 1. The maximum absolute atomic E-state index is 12.1. The Hall–Kier alpha value is -2.10. The largest absolute Gasteiger partial charge is 0.289 e. The van der Waals surface area contributed by atoms with E-state index in [0.29, 0.717) is 5.69 Å². The van der Waals surface area contributed by atoms with Gasteiger partial charge in [0.25, 0.3) is 5.69 Å². The fraction of sp³-hybridized carbons (Fsp3) is 0.0909. The number of nitrogens with zero attached hydrogens (tertiary/aromatic N) is 3. The SMILES string of the molecule is O=[N+]([O-])c1cc(S(=O)(=O)NCc2ccncn2)ccc1Cl. The molecule has 21 heavy (non-hydrogen) atoms. The summed E-state index contributed by atoms with van der Waals surface area (Å²) in [5, 5.41) is 10.6. The highest BCUT2D eigenvalue weighted by molar-refractivity contribution is 7.89. The summed E-state index contributed by atoms with van der Waals surface area (Å²) < 4.78 is 26.4. The van der Waals surface area contributed by atoms with Gasteiger partial charge < -0.3 is 0 Å². The number of hydrogen-bond acceptors (Lipinski definition) is 6. The first kappa shape index (κ1) is 15.3. The normalized spacial score (nSPS) is 11.3. The molecule has 0 atom stereocenters. The fourth-order valence-corrected chi connectivity index (χ4v) is 2.68. The van der Waals surface area contributed by atoms with Gasteiger partial charge in [-0.25, -0.2) is 23.1 Å². The lowest BCUT2D eigenvalue weighted by atomic mass is 10.3. The summed E-state index contributed by atoms with van der Waals surface area (Å²) in [5.74, 6) is 0. The third-order valence-corrected chi connectivity index (χ3v) is 4.23. The van der Waals surface area contributed by atoms with Crippen LogP contribution in [0.3, 0.4) is 0 Å². The fourth-order valence-electron chi connectivity index (χ4n) is 1.47. The molecule has 0 fully saturated rings. The smallest absolute Gasteiger partial charge is 0.258 e. The van der Waals surface area contributed by atoms with Crippen LogP contribution >= 0.6 is 11.6 Å². The van der Waals surface area contributed by atoms with Crippen molar-refractivity contribution in [3.8, 4) is 0 Å². The van der Waals surface area contributed by atoms with E-state index in [9.17, 15) is 18.5 Å². The van der Waals surface area contributed by atoms with Crippen molar-refractivity contribution in [1.82, 2.24) is 14.7 Å². The summed E-state index contributed by atoms with van der Waals surface area (Å²) in [4.78, 5) is 17.4. The summed E-state index contributed by atoms with van der Waals surface area (Å²) in [6.45, 7) is -0.0543. The van der Waals surface area contributed by atoms with E-state index in [4.69, 9.17) is 11.6 Å². The molecule has 2 aromatic rings. The lowest BCUT2D eigenvalue weighted by Gasteiger charge is -2.06. The standard InChI is InChI=1S/C11H9ClN4O4S/c12-10-2-1-9(5-11(10)16(17)18)21(19,20)15-6-8-3-4-13-7-14-8/h1-5,7,15H,6H2. The molecule has 1 aromatic carbocycles. The second kappa shape index (κ2) is 6.12. The Morgan fingerprint density at radius 3 is 2.71 bits per heavy atom. The molecule has 2 rings (SSSR count). The lowest BCUT2D eigenvalue weighted by Crippen LogP contribution is -2.23. The van der Waals surface area contributed by atoms with E-state index in [2.05, 4.69) is 14.7 Å². The molecule has 0 bridgehead atoms. The molecule has 1 aromatic heterocycles. The molecule has 0 aliphatic heterocycles. The van der Waals surface area contributed by atoms with Crippen molar-refractivity contribution in [1.29, 1.82) is 0 Å². The van der Waals surface area contributed by atoms with Gasteiger partial charge in [0, 0.05) is 12.3 Å². The van der Waals surface area contributed by atoms with Crippen LogP contribution in [0.4, 0.5) is 5.69 Å². The first-order valence-electron chi connectivity index (χ1n) is 5.58. The van der Waals surface area contributed by atoms with Gasteiger partial charge in [0.15, 0.2) is 0 Å². The lowest BCUT2D eigenvalue weighted by molar-refractivity contribution is -0.384. The Labute approximate surface area is 125 Å². The molecule has 0 radical (unpaired) electrons. The van der Waals surface area contributed by atoms with Crippen molar-refractivity contribution >= 4 is 27.3 Å². The molecule has 1 heterocycles. The Balaban J connectivity index is 2.24. The van der Waals surface area contributed by atoms with E-state index in [1.807, 2.05) is 0 Å². The van der Waals surface area contributed by atoms with Crippen molar-refractivity contribution in [2.75, 3.05) is 0 Å². The molecule has 0 saturated heterocycles. The van der Waals surface area contributed by atoms with E-state index >= 15 is 0 Å². The number of hydrogen-bond donors (Lipinski definition) is 1. The van der Waals surface area contributed by atoms with Crippen LogP contribution in [-0.4, -0.2) is 23.3 Å². The van der Waals surface area contributed by atoms with Crippen LogP contribution in [-0.2, 0) is 16.6 Å². The average molecular weight is 329 g/mol. The van der Waals surface area contributed by atoms with Gasteiger partial charge in [0.05, 0.1) is 22.1 Å². The van der Waals surface area contributed by atoms with Crippen molar-refractivity contribution in [3.05, 3.63) is 57.6 Å². The van der Waals surface area contributed by atoms with E-state index in [-0.39, 0.29) is 16.5 Å². The molecule has 0 aliphatic rings. The van der Waals surface area contributed by atoms with E-state index < -0.39 is 20.6 Å². The minimum atomic E-state index is -3.90. The molecule has 8 nitrogen and oxygen atoms in total. The molecule has 1 N–H and O–H groups in total. The predicted molar refractivity (Wildman–Crippen MR) is 74.2 cm³/mol. The Kier molecular flexibility index (Phi) is 4.46. The first-order chi connectivity index (χ1) is 9.90. The van der Waals surface area contributed by atoms with Crippen LogP contribution in [0.15, 0.2) is 41.7 Å². The van der Waals surface area contributed by atoms with Gasteiger partial charge in [-0.1, -0.05) is 11.6 Å². The quantitative estimate of drug-likeness (QED) is 0.657. The van der Waals surface area contributed by atoms with Crippen LogP contribution in [0.1, 0.15) is 5.69 Å². The molecule has 0 spiro atoms. The molecular weight excluding hydrogens is 320 g/mol. The van der Waals surface area contributed by atoms with Crippen LogP contribution in [0.25, 0.3) is 0 Å². The number of sulfonamides is 1. The monoisotopic (exact) mass is 328 g/mol. The Bertz CT molecular complexity index is 767. The zero-order valence-electron chi connectivity index (χ0n) is 10.4. The third kappa shape index (κ3) is 3.72. The van der Waals surface area contributed by atoms with Crippen LogP contribution in [0.5, 0.6) is 0 Å². The minimum Gasteiger partial charge on any atom is -0.258 e. The van der Waals surface area contributed by atoms with Gasteiger partial charge >= 0.3 is 0 Å². The summed E-state index contributed by atoms with van der Waals surface area (Å²) in [6, 6.07) is 4.81. The van der Waals surface area contributed by atoms with Crippen LogP contribution < -0.4 is 4.72 Å². The molecule has 0 aliphatic carbocycles. The Morgan fingerprint density at radius 2 is 2.10 bits per heavy atom. The van der Waals surface area contributed by atoms with Crippen molar-refractivity contribution in [2.45, 2.75) is 11.4 Å². The minimum absolute atomic E-state index is 0.0543. The van der Waals surface area contributed by atoms with Crippen molar-refractivity contribution in [2.24, 2.45) is 0 Å². The molecule has 0 saturated carbocycles. The average Bonchev–Trinajstić information content (AvgIpc) is 2.46. The Morgan fingerprint density at radius 1 is 1.33 bits per heavy atom. The highest BCUT2D eigenvalue weighted by atomic mass is 35.5. The molecule has 110 valence electrons. The van der Waals surface area contributed by atoms with Crippen LogP contribution in [0.2, 0.25) is 5.02 Å². The number of rotatable bonds is 5. The van der Waals surface area contributed by atoms with E-state index in [0.717, 1.165) is 6.07 Å². The maximum atomic E-state index is 12.1. The van der Waals surface area contributed by atoms with Gasteiger partial charge in [-0.3, -0.25) is 10.1 Å². The molecular formula is C11H9ClN4O4S. The van der Waals surface area contributed by atoms with E-state index in [1.54, 1.807) is 6.07 Å². The molecule has 10 heteroatoms. The van der Waals surface area contributed by atoms with Gasteiger partial charge in [0.2, 0.25) is 10.0 Å². The number of nitrogens with one attached hydrogen (secondary N) is 1. The number of halogens is 1. The predicted octanol–water partition coefficient (Wildman–Crippen LogP) is 1.52. The molecule has 0 unspecified atom stereocenters. The topological polar surface area (TPSA) is 115 Å². The second-order valence-corrected chi connectivity index (χ2v) is 6.07. The summed E-state index contributed by atoms with van der Waals surface area (Å²) in [6.07, 6.45) is 2.76. The number of benzene rings is 1. The van der Waals surface area contributed by atoms with E-state index in [1.165, 1.54) is 24.7 Å². The third-order valence-electron chi connectivity index (χ3n) is 2.51. The van der Waals surface area contributed by atoms with Gasteiger partial charge in [-0.15, -0.1) is 0 Å². The van der Waals surface area contributed by atoms with Gasteiger partial charge in [-0.2, -0.15) is 0 Å². The first-order valence-corrected chi connectivity index (χ1v) is 7.45. The highest BCUT2D eigenvalue weighted by Crippen LogP contribution is 2.26. The number of nitro benzene ring substituents is 1.